The second-order valence-corrected chi connectivity index (χ2v) is 7.50. The van der Waals surface area contributed by atoms with Gasteiger partial charge in [0.25, 0.3) is 17.7 Å². The standard InChI is InChI=1S/C22H27N5O4/c1-4-11-27(14-20-24-25-22(31-20)18-6-5-12-30-18)15-21(29)26(3)13-19(28)23-17-9-7-16(2)8-10-17/h5-10,12H,4,11,13-15H2,1-3H3,(H,23,28)/p+1. The van der Waals surface area contributed by atoms with Crippen LogP contribution in [-0.4, -0.2) is 53.6 Å². The van der Waals surface area contributed by atoms with Crippen LogP contribution in [0.3, 0.4) is 0 Å². The van der Waals surface area contributed by atoms with Crippen molar-refractivity contribution in [1.82, 2.24) is 15.1 Å². The molecule has 3 rings (SSSR count). The van der Waals surface area contributed by atoms with Gasteiger partial charge in [-0.2, -0.15) is 0 Å². The van der Waals surface area contributed by atoms with E-state index < -0.39 is 0 Å². The fourth-order valence-corrected chi connectivity index (χ4v) is 3.12. The maximum absolute atomic E-state index is 12.7. The van der Waals surface area contributed by atoms with E-state index in [4.69, 9.17) is 8.83 Å². The molecule has 2 heterocycles. The lowest BCUT2D eigenvalue weighted by Gasteiger charge is -2.21. The molecule has 9 nitrogen and oxygen atoms in total. The summed E-state index contributed by atoms with van der Waals surface area (Å²) in [5.74, 6) is 0.880. The van der Waals surface area contributed by atoms with E-state index in [9.17, 15) is 9.59 Å². The number of amides is 2. The summed E-state index contributed by atoms with van der Waals surface area (Å²) < 4.78 is 10.9. The maximum atomic E-state index is 12.7. The van der Waals surface area contributed by atoms with E-state index in [1.165, 1.54) is 11.2 Å². The van der Waals surface area contributed by atoms with Crippen LogP contribution in [0.5, 0.6) is 0 Å². The van der Waals surface area contributed by atoms with Crippen molar-refractivity contribution < 1.29 is 23.3 Å². The van der Waals surface area contributed by atoms with Gasteiger partial charge >= 0.3 is 0 Å². The van der Waals surface area contributed by atoms with Crippen LogP contribution in [-0.2, 0) is 16.1 Å². The smallest absolute Gasteiger partial charge is 0.283 e. The number of furan rings is 1. The first kappa shape index (κ1) is 22.2. The van der Waals surface area contributed by atoms with Gasteiger partial charge in [-0.15, -0.1) is 10.2 Å². The van der Waals surface area contributed by atoms with Gasteiger partial charge in [-0.1, -0.05) is 24.6 Å². The van der Waals surface area contributed by atoms with Crippen molar-refractivity contribution in [2.45, 2.75) is 26.8 Å². The first-order valence-corrected chi connectivity index (χ1v) is 10.2. The highest BCUT2D eigenvalue weighted by Crippen LogP contribution is 2.17. The van der Waals surface area contributed by atoms with Gasteiger partial charge in [0.05, 0.1) is 19.4 Å². The minimum absolute atomic E-state index is 0.0185. The third-order valence-corrected chi connectivity index (χ3v) is 4.75. The van der Waals surface area contributed by atoms with Crippen LogP contribution in [0.1, 0.15) is 24.8 Å². The summed E-state index contributed by atoms with van der Waals surface area (Å²) >= 11 is 0. The third kappa shape index (κ3) is 6.51. The van der Waals surface area contributed by atoms with Gasteiger partial charge in [0.15, 0.2) is 18.8 Å². The van der Waals surface area contributed by atoms with Crippen molar-refractivity contribution in [3.63, 3.8) is 0 Å². The average molecular weight is 426 g/mol. The Morgan fingerprint density at radius 3 is 2.61 bits per heavy atom. The topological polar surface area (TPSA) is 106 Å². The summed E-state index contributed by atoms with van der Waals surface area (Å²) in [5, 5.41) is 10.9. The molecule has 164 valence electrons. The zero-order chi connectivity index (χ0) is 22.2. The zero-order valence-electron chi connectivity index (χ0n) is 18.1. The van der Waals surface area contributed by atoms with E-state index in [2.05, 4.69) is 15.5 Å². The Hall–Kier alpha value is -3.46. The lowest BCUT2D eigenvalue weighted by Crippen LogP contribution is -3.12. The number of aryl methyl sites for hydroxylation is 1. The number of rotatable bonds is 10. The summed E-state index contributed by atoms with van der Waals surface area (Å²) in [6.45, 7) is 5.40. The number of hydrogen-bond donors (Lipinski definition) is 2. The largest absolute Gasteiger partial charge is 0.459 e. The zero-order valence-corrected chi connectivity index (χ0v) is 18.1. The number of anilines is 1. The number of quaternary nitrogens is 1. The molecule has 0 aliphatic carbocycles. The molecule has 31 heavy (non-hydrogen) atoms. The van der Waals surface area contributed by atoms with Crippen molar-refractivity contribution >= 4 is 17.5 Å². The molecular weight excluding hydrogens is 398 g/mol. The van der Waals surface area contributed by atoms with E-state index in [1.807, 2.05) is 38.1 Å². The van der Waals surface area contributed by atoms with Gasteiger partial charge in [-0.05, 0) is 37.6 Å². The van der Waals surface area contributed by atoms with E-state index >= 15 is 0 Å². The summed E-state index contributed by atoms with van der Waals surface area (Å²) in [6.07, 6.45) is 2.43. The molecule has 0 spiro atoms. The van der Waals surface area contributed by atoms with E-state index in [0.29, 0.717) is 29.8 Å². The van der Waals surface area contributed by atoms with Crippen LogP contribution in [0.25, 0.3) is 11.7 Å². The Balaban J connectivity index is 1.53. The Morgan fingerprint density at radius 1 is 1.16 bits per heavy atom. The molecule has 2 N–H and O–H groups in total. The number of nitrogens with one attached hydrogen (secondary N) is 2. The third-order valence-electron chi connectivity index (χ3n) is 4.75. The Labute approximate surface area is 181 Å². The van der Waals surface area contributed by atoms with Gasteiger partial charge in [-0.3, -0.25) is 9.59 Å². The Bertz CT molecular complexity index is 982. The van der Waals surface area contributed by atoms with Crippen LogP contribution >= 0.6 is 0 Å². The number of carbonyl (C=O) groups is 2. The average Bonchev–Trinajstić information content (AvgIpc) is 3.41. The van der Waals surface area contributed by atoms with Crippen LogP contribution in [0.15, 0.2) is 51.5 Å². The van der Waals surface area contributed by atoms with Gasteiger partial charge in [0, 0.05) is 12.7 Å². The Kier molecular flexibility index (Phi) is 7.55. The van der Waals surface area contributed by atoms with E-state index in [0.717, 1.165) is 23.4 Å². The molecule has 0 saturated heterocycles. The molecule has 2 aromatic heterocycles. The van der Waals surface area contributed by atoms with Crippen molar-refractivity contribution in [2.75, 3.05) is 32.0 Å². The fourth-order valence-electron chi connectivity index (χ4n) is 3.12. The van der Waals surface area contributed by atoms with Crippen LogP contribution in [0.4, 0.5) is 5.69 Å². The Morgan fingerprint density at radius 2 is 1.94 bits per heavy atom. The molecule has 0 saturated carbocycles. The molecule has 1 aromatic carbocycles. The minimum atomic E-state index is -0.239. The summed E-state index contributed by atoms with van der Waals surface area (Å²) in [4.78, 5) is 27.4. The highest BCUT2D eigenvalue weighted by atomic mass is 16.4. The molecule has 0 bridgehead atoms. The molecule has 0 radical (unpaired) electrons. The fraction of sp³-hybridized carbons (Fsp3) is 0.364. The van der Waals surface area contributed by atoms with Crippen molar-refractivity contribution in [3.05, 3.63) is 54.1 Å². The second kappa shape index (κ2) is 10.5. The van der Waals surface area contributed by atoms with Crippen molar-refractivity contribution in [1.29, 1.82) is 0 Å². The molecule has 1 atom stereocenters. The van der Waals surface area contributed by atoms with Crippen molar-refractivity contribution in [2.24, 2.45) is 0 Å². The van der Waals surface area contributed by atoms with Gasteiger partial charge in [0.1, 0.15) is 0 Å². The number of likely N-dealkylation sites (N-methyl/N-ethyl adjacent to an activating group) is 1. The highest BCUT2D eigenvalue weighted by molar-refractivity contribution is 5.94. The van der Waals surface area contributed by atoms with E-state index in [1.54, 1.807) is 19.2 Å². The first-order valence-electron chi connectivity index (χ1n) is 10.2. The summed E-state index contributed by atoms with van der Waals surface area (Å²) in [7, 11) is 1.63. The summed E-state index contributed by atoms with van der Waals surface area (Å²) in [5.41, 5.74) is 1.82. The predicted octanol–water partition coefficient (Wildman–Crippen LogP) is 1.53. The first-order chi connectivity index (χ1) is 14.9. The quantitative estimate of drug-likeness (QED) is 0.509. The minimum Gasteiger partial charge on any atom is -0.459 e. The SMILES string of the molecule is CCC[NH+](CC(=O)N(C)CC(=O)Nc1ccc(C)cc1)Cc1nnc(-c2ccco2)o1. The number of carbonyl (C=O) groups excluding carboxylic acids is 2. The molecule has 2 amide bonds. The molecule has 1 unspecified atom stereocenters. The molecule has 0 aliphatic rings. The highest BCUT2D eigenvalue weighted by Gasteiger charge is 2.22. The predicted molar refractivity (Wildman–Crippen MR) is 114 cm³/mol. The molecule has 9 heteroatoms. The van der Waals surface area contributed by atoms with E-state index in [-0.39, 0.29) is 24.9 Å². The van der Waals surface area contributed by atoms with Crippen LogP contribution < -0.4 is 10.2 Å². The molecule has 3 aromatic rings. The number of aromatic nitrogens is 2. The van der Waals surface area contributed by atoms with Crippen LogP contribution in [0.2, 0.25) is 0 Å². The maximum Gasteiger partial charge on any atom is 0.283 e. The van der Waals surface area contributed by atoms with Crippen LogP contribution in [0, 0.1) is 6.92 Å². The van der Waals surface area contributed by atoms with Gasteiger partial charge < -0.3 is 24.0 Å². The molecule has 0 fully saturated rings. The lowest BCUT2D eigenvalue weighted by molar-refractivity contribution is -0.907. The number of hydrogen-bond acceptors (Lipinski definition) is 6. The lowest BCUT2D eigenvalue weighted by atomic mass is 10.2. The van der Waals surface area contributed by atoms with Crippen molar-refractivity contribution in [3.8, 4) is 11.7 Å². The molecule has 0 aliphatic heterocycles. The van der Waals surface area contributed by atoms with Gasteiger partial charge in [-0.25, -0.2) is 0 Å². The summed E-state index contributed by atoms with van der Waals surface area (Å²) in [6, 6.07) is 11.0. The van der Waals surface area contributed by atoms with Gasteiger partial charge in [0.2, 0.25) is 5.91 Å². The number of nitrogens with zero attached hydrogens (tertiary/aromatic N) is 3. The normalized spacial score (nSPS) is 11.8. The second-order valence-electron chi connectivity index (χ2n) is 7.50. The monoisotopic (exact) mass is 426 g/mol. The molecular formula is C22H28N5O4+. The number of benzene rings is 1.